The number of anilines is 1. The quantitative estimate of drug-likeness (QED) is 0.622. The first-order valence-corrected chi connectivity index (χ1v) is 10.1. The number of alkyl carbamates (subject to hydrolysis) is 1. The van der Waals surface area contributed by atoms with Gasteiger partial charge in [0.15, 0.2) is 11.7 Å². The Kier molecular flexibility index (Phi) is 6.90. The van der Waals surface area contributed by atoms with E-state index in [0.29, 0.717) is 29.9 Å². The van der Waals surface area contributed by atoms with Crippen molar-refractivity contribution in [2.75, 3.05) is 11.9 Å². The molecule has 3 atom stereocenters. The fraction of sp³-hybridized carbons (Fsp3) is 0.600. The summed E-state index contributed by atoms with van der Waals surface area (Å²) in [7, 11) is 0. The van der Waals surface area contributed by atoms with Crippen LogP contribution in [0.15, 0.2) is 16.7 Å². The maximum atomic E-state index is 12.1. The van der Waals surface area contributed by atoms with Crippen molar-refractivity contribution in [3.05, 3.63) is 29.6 Å². The molecule has 2 aromatic rings. The van der Waals surface area contributed by atoms with Gasteiger partial charge in [-0.3, -0.25) is 9.89 Å². The van der Waals surface area contributed by atoms with Crippen molar-refractivity contribution in [1.29, 1.82) is 0 Å². The SMILES string of the molecule is CC[C@H](C)CNC(=O)OC1CCC(c2cc(NC(=O)Cc3cnc(C)o3)n[nH]2)C1. The zero-order valence-corrected chi connectivity index (χ0v) is 17.2. The molecule has 0 radical (unpaired) electrons. The van der Waals surface area contributed by atoms with Crippen LogP contribution in [0.2, 0.25) is 0 Å². The number of ether oxygens (including phenoxy) is 1. The van der Waals surface area contributed by atoms with Gasteiger partial charge in [0, 0.05) is 31.1 Å². The van der Waals surface area contributed by atoms with Crippen LogP contribution >= 0.6 is 0 Å². The van der Waals surface area contributed by atoms with Crippen LogP contribution in [-0.2, 0) is 16.0 Å². The van der Waals surface area contributed by atoms with Crippen LogP contribution < -0.4 is 10.6 Å². The van der Waals surface area contributed by atoms with Crippen molar-refractivity contribution in [2.24, 2.45) is 5.92 Å². The van der Waals surface area contributed by atoms with Gasteiger partial charge in [-0.05, 0) is 25.2 Å². The van der Waals surface area contributed by atoms with Crippen LogP contribution in [0.1, 0.15) is 62.8 Å². The molecule has 1 fully saturated rings. The van der Waals surface area contributed by atoms with Crippen molar-refractivity contribution in [2.45, 2.75) is 64.9 Å². The molecule has 2 aromatic heterocycles. The summed E-state index contributed by atoms with van der Waals surface area (Å²) in [5, 5.41) is 12.7. The molecule has 3 rings (SSSR count). The third-order valence-electron chi connectivity index (χ3n) is 5.26. The average molecular weight is 403 g/mol. The van der Waals surface area contributed by atoms with Gasteiger partial charge in [0.2, 0.25) is 5.91 Å². The molecule has 1 saturated carbocycles. The lowest BCUT2D eigenvalue weighted by atomic mass is 10.0. The lowest BCUT2D eigenvalue weighted by Gasteiger charge is -2.15. The van der Waals surface area contributed by atoms with Crippen LogP contribution in [-0.4, -0.2) is 39.8 Å². The summed E-state index contributed by atoms with van der Waals surface area (Å²) in [5.74, 6) is 1.95. The van der Waals surface area contributed by atoms with Gasteiger partial charge in [0.05, 0.1) is 12.6 Å². The van der Waals surface area contributed by atoms with Gasteiger partial charge in [-0.2, -0.15) is 5.10 Å². The van der Waals surface area contributed by atoms with Gasteiger partial charge in [-0.15, -0.1) is 0 Å². The third-order valence-corrected chi connectivity index (χ3v) is 5.26. The summed E-state index contributed by atoms with van der Waals surface area (Å²) < 4.78 is 10.8. The second-order valence-electron chi connectivity index (χ2n) is 7.71. The first kappa shape index (κ1) is 20.9. The Morgan fingerprint density at radius 1 is 1.41 bits per heavy atom. The Morgan fingerprint density at radius 2 is 2.24 bits per heavy atom. The van der Waals surface area contributed by atoms with E-state index in [1.807, 2.05) is 6.07 Å². The molecular weight excluding hydrogens is 374 g/mol. The van der Waals surface area contributed by atoms with Crippen LogP contribution in [0.5, 0.6) is 0 Å². The molecule has 2 amide bonds. The zero-order valence-electron chi connectivity index (χ0n) is 17.2. The Hall–Kier alpha value is -2.84. The number of carbonyl (C=O) groups excluding carboxylic acids is 2. The third kappa shape index (κ3) is 6.07. The van der Waals surface area contributed by atoms with Gasteiger partial charge >= 0.3 is 6.09 Å². The van der Waals surface area contributed by atoms with E-state index in [1.165, 1.54) is 0 Å². The van der Waals surface area contributed by atoms with E-state index in [9.17, 15) is 9.59 Å². The number of hydrogen-bond acceptors (Lipinski definition) is 6. The molecule has 0 spiro atoms. The monoisotopic (exact) mass is 403 g/mol. The minimum absolute atomic E-state index is 0.104. The molecule has 2 unspecified atom stereocenters. The predicted octanol–water partition coefficient (Wildman–Crippen LogP) is 3.30. The van der Waals surface area contributed by atoms with Crippen LogP contribution in [0, 0.1) is 12.8 Å². The maximum Gasteiger partial charge on any atom is 0.407 e. The molecule has 0 aromatic carbocycles. The molecule has 0 saturated heterocycles. The van der Waals surface area contributed by atoms with Crippen molar-refractivity contribution >= 4 is 17.8 Å². The van der Waals surface area contributed by atoms with Crippen molar-refractivity contribution < 1.29 is 18.7 Å². The number of aromatic amines is 1. The highest BCUT2D eigenvalue weighted by atomic mass is 16.6. The first-order chi connectivity index (χ1) is 13.9. The number of aromatic nitrogens is 3. The minimum Gasteiger partial charge on any atom is -0.446 e. The van der Waals surface area contributed by atoms with Crippen molar-refractivity contribution in [1.82, 2.24) is 20.5 Å². The van der Waals surface area contributed by atoms with Crippen molar-refractivity contribution in [3.63, 3.8) is 0 Å². The summed E-state index contributed by atoms with van der Waals surface area (Å²) in [6.45, 7) is 6.54. The average Bonchev–Trinajstić information content (AvgIpc) is 3.41. The fourth-order valence-corrected chi connectivity index (χ4v) is 3.37. The molecule has 1 aliphatic carbocycles. The fourth-order valence-electron chi connectivity index (χ4n) is 3.37. The highest BCUT2D eigenvalue weighted by Gasteiger charge is 2.30. The summed E-state index contributed by atoms with van der Waals surface area (Å²) in [6, 6.07) is 1.83. The number of rotatable bonds is 8. The number of carbonyl (C=O) groups is 2. The largest absolute Gasteiger partial charge is 0.446 e. The Labute approximate surface area is 170 Å². The van der Waals surface area contributed by atoms with E-state index in [2.05, 4.69) is 39.7 Å². The number of nitrogens with one attached hydrogen (secondary N) is 3. The maximum absolute atomic E-state index is 12.1. The lowest BCUT2D eigenvalue weighted by Crippen LogP contribution is -2.31. The predicted molar refractivity (Wildman–Crippen MR) is 106 cm³/mol. The topological polar surface area (TPSA) is 122 Å². The number of hydrogen-bond donors (Lipinski definition) is 3. The van der Waals surface area contributed by atoms with Gasteiger partial charge in [-0.1, -0.05) is 20.3 Å². The van der Waals surface area contributed by atoms with E-state index in [-0.39, 0.29) is 30.4 Å². The van der Waals surface area contributed by atoms with Crippen LogP contribution in [0.3, 0.4) is 0 Å². The Balaban J connectivity index is 1.44. The number of amides is 2. The van der Waals surface area contributed by atoms with Gasteiger partial charge < -0.3 is 19.8 Å². The Morgan fingerprint density at radius 3 is 2.97 bits per heavy atom. The van der Waals surface area contributed by atoms with Crippen molar-refractivity contribution in [3.8, 4) is 0 Å². The molecule has 9 nitrogen and oxygen atoms in total. The molecule has 9 heteroatoms. The van der Waals surface area contributed by atoms with Gasteiger partial charge in [0.25, 0.3) is 0 Å². The first-order valence-electron chi connectivity index (χ1n) is 10.1. The smallest absolute Gasteiger partial charge is 0.407 e. The molecule has 29 heavy (non-hydrogen) atoms. The van der Waals surface area contributed by atoms with E-state index in [1.54, 1.807) is 13.1 Å². The Bertz CT molecular complexity index is 830. The number of aryl methyl sites for hydroxylation is 1. The lowest BCUT2D eigenvalue weighted by molar-refractivity contribution is -0.115. The van der Waals surface area contributed by atoms with E-state index in [0.717, 1.165) is 31.4 Å². The standard InChI is InChI=1S/C20H29N5O4/c1-4-12(2)10-22-20(27)29-15-6-5-14(7-15)17-9-18(25-24-17)23-19(26)8-16-11-21-13(3)28-16/h9,11-12,14-15H,4-8,10H2,1-3H3,(H,22,27)(H2,23,24,25,26)/t12-,14?,15?/m0/s1. The summed E-state index contributed by atoms with van der Waals surface area (Å²) in [6.07, 6.45) is 4.66. The molecular formula is C20H29N5O4. The highest BCUT2D eigenvalue weighted by molar-refractivity contribution is 5.91. The van der Waals surface area contributed by atoms with Crippen LogP contribution in [0.25, 0.3) is 0 Å². The number of H-pyrrole nitrogens is 1. The summed E-state index contributed by atoms with van der Waals surface area (Å²) >= 11 is 0. The molecule has 1 aliphatic rings. The molecule has 3 N–H and O–H groups in total. The molecule has 0 aliphatic heterocycles. The number of oxazole rings is 1. The van der Waals surface area contributed by atoms with E-state index in [4.69, 9.17) is 9.15 Å². The summed E-state index contributed by atoms with van der Waals surface area (Å²) in [4.78, 5) is 28.0. The van der Waals surface area contributed by atoms with Gasteiger partial charge in [0.1, 0.15) is 11.9 Å². The van der Waals surface area contributed by atoms with Gasteiger partial charge in [-0.25, -0.2) is 9.78 Å². The van der Waals surface area contributed by atoms with Crippen LogP contribution in [0.4, 0.5) is 10.6 Å². The second-order valence-corrected chi connectivity index (χ2v) is 7.71. The second kappa shape index (κ2) is 9.58. The van der Waals surface area contributed by atoms with E-state index < -0.39 is 0 Å². The molecule has 0 bridgehead atoms. The molecule has 2 heterocycles. The summed E-state index contributed by atoms with van der Waals surface area (Å²) in [5.41, 5.74) is 0.932. The normalized spacial score (nSPS) is 19.7. The minimum atomic E-state index is -0.351. The number of nitrogens with zero attached hydrogens (tertiary/aromatic N) is 2. The zero-order chi connectivity index (χ0) is 20.8. The highest BCUT2D eigenvalue weighted by Crippen LogP contribution is 2.35. The molecule has 158 valence electrons. The van der Waals surface area contributed by atoms with E-state index >= 15 is 0 Å².